The van der Waals surface area contributed by atoms with E-state index in [2.05, 4.69) is 10.3 Å². The molecule has 1 heterocycles. The van der Waals surface area contributed by atoms with E-state index >= 15 is 0 Å². The first-order chi connectivity index (χ1) is 9.77. The lowest BCUT2D eigenvalue weighted by Gasteiger charge is -2.37. The zero-order chi connectivity index (χ0) is 15.5. The summed E-state index contributed by atoms with van der Waals surface area (Å²) < 4.78 is 0. The molecule has 2 bridgehead atoms. The van der Waals surface area contributed by atoms with Gasteiger partial charge < -0.3 is 5.32 Å². The fourth-order valence-corrected chi connectivity index (χ4v) is 3.95. The number of carbonyl (C=O) groups excluding carboxylic acids is 3. The number of nitrogens with one attached hydrogen (secondary N) is 1. The molecule has 110 valence electrons. The topological polar surface area (TPSA) is 76.1 Å². The molecule has 0 spiro atoms. The van der Waals surface area contributed by atoms with Crippen LogP contribution in [0.4, 0.5) is 5.69 Å². The van der Waals surface area contributed by atoms with Crippen molar-refractivity contribution in [2.45, 2.75) is 33.6 Å². The number of pyridine rings is 1. The van der Waals surface area contributed by atoms with Crippen LogP contribution in [0.1, 0.15) is 33.6 Å². The van der Waals surface area contributed by atoms with E-state index in [1.54, 1.807) is 24.5 Å². The van der Waals surface area contributed by atoms with Gasteiger partial charge >= 0.3 is 0 Å². The van der Waals surface area contributed by atoms with Crippen molar-refractivity contribution in [2.75, 3.05) is 5.32 Å². The van der Waals surface area contributed by atoms with Crippen molar-refractivity contribution in [2.24, 2.45) is 16.2 Å². The molecule has 2 atom stereocenters. The van der Waals surface area contributed by atoms with E-state index in [1.165, 1.54) is 0 Å². The van der Waals surface area contributed by atoms with Crippen LogP contribution in [0.3, 0.4) is 0 Å². The number of aromatic nitrogens is 1. The maximum Gasteiger partial charge on any atom is 0.239 e. The average Bonchev–Trinajstić information content (AvgIpc) is 2.72. The lowest BCUT2D eigenvalue weighted by Crippen LogP contribution is -2.47. The summed E-state index contributed by atoms with van der Waals surface area (Å²) in [6.07, 6.45) is 4.14. The highest BCUT2D eigenvalue weighted by molar-refractivity contribution is 6.49. The summed E-state index contributed by atoms with van der Waals surface area (Å²) in [5.74, 6) is -1.31. The number of rotatable bonds is 2. The van der Waals surface area contributed by atoms with Gasteiger partial charge in [-0.05, 0) is 30.4 Å². The number of ketones is 2. The monoisotopic (exact) mass is 286 g/mol. The highest BCUT2D eigenvalue weighted by Gasteiger charge is 2.77. The summed E-state index contributed by atoms with van der Waals surface area (Å²) in [6.45, 7) is 5.52. The summed E-state index contributed by atoms with van der Waals surface area (Å²) in [5.41, 5.74) is -2.08. The lowest BCUT2D eigenvalue weighted by atomic mass is 9.64. The van der Waals surface area contributed by atoms with Crippen LogP contribution in [0.2, 0.25) is 0 Å². The predicted molar refractivity (Wildman–Crippen MR) is 76.4 cm³/mol. The molecular formula is C16H18N2O3. The average molecular weight is 286 g/mol. The van der Waals surface area contributed by atoms with Crippen molar-refractivity contribution in [1.29, 1.82) is 0 Å². The van der Waals surface area contributed by atoms with Gasteiger partial charge in [-0.25, -0.2) is 0 Å². The fourth-order valence-electron chi connectivity index (χ4n) is 3.95. The summed E-state index contributed by atoms with van der Waals surface area (Å²) in [7, 11) is 0. The van der Waals surface area contributed by atoms with Crippen molar-refractivity contribution >= 4 is 23.2 Å². The number of hydrogen-bond donors (Lipinski definition) is 1. The minimum atomic E-state index is -1.25. The first-order valence-electron chi connectivity index (χ1n) is 7.08. The first-order valence-corrected chi connectivity index (χ1v) is 7.08. The van der Waals surface area contributed by atoms with Crippen LogP contribution >= 0.6 is 0 Å². The van der Waals surface area contributed by atoms with E-state index in [4.69, 9.17) is 0 Å². The quantitative estimate of drug-likeness (QED) is 0.666. The van der Waals surface area contributed by atoms with Gasteiger partial charge in [0, 0.05) is 23.5 Å². The number of nitrogens with zero attached hydrogens (tertiary/aromatic N) is 1. The second-order valence-corrected chi connectivity index (χ2v) is 6.71. The minimum absolute atomic E-state index is 0.377. The normalized spacial score (nSPS) is 33.3. The van der Waals surface area contributed by atoms with Gasteiger partial charge in [-0.2, -0.15) is 0 Å². The second kappa shape index (κ2) is 4.00. The van der Waals surface area contributed by atoms with Gasteiger partial charge in [0.1, 0.15) is 5.41 Å². The SMILES string of the molecule is CC1(C)[C@]2(C(=O)Nc3ccncc3)CC[C@]1(C)C(=O)C2=O. The van der Waals surface area contributed by atoms with E-state index in [0.717, 1.165) is 0 Å². The Hall–Kier alpha value is -2.04. The Kier molecular flexibility index (Phi) is 2.65. The Morgan fingerprint density at radius 3 is 2.24 bits per heavy atom. The van der Waals surface area contributed by atoms with Crippen LogP contribution in [0.5, 0.6) is 0 Å². The summed E-state index contributed by atoms with van der Waals surface area (Å²) in [4.78, 5) is 41.5. The molecule has 1 aromatic heterocycles. The summed E-state index contributed by atoms with van der Waals surface area (Å²) >= 11 is 0. The van der Waals surface area contributed by atoms with Crippen LogP contribution in [0.25, 0.3) is 0 Å². The van der Waals surface area contributed by atoms with E-state index in [1.807, 2.05) is 20.8 Å². The Balaban J connectivity index is 2.02. The number of Topliss-reactive ketones (excluding diaryl/α,β-unsaturated/α-hetero) is 2. The largest absolute Gasteiger partial charge is 0.325 e. The van der Waals surface area contributed by atoms with E-state index in [9.17, 15) is 14.4 Å². The zero-order valence-electron chi connectivity index (χ0n) is 12.4. The van der Waals surface area contributed by atoms with Gasteiger partial charge in [-0.3, -0.25) is 19.4 Å². The molecule has 5 heteroatoms. The molecule has 0 unspecified atom stereocenters. The third kappa shape index (κ3) is 1.41. The number of carbonyl (C=O) groups is 3. The van der Waals surface area contributed by atoms with Gasteiger partial charge in [0.2, 0.25) is 17.5 Å². The molecule has 3 rings (SSSR count). The highest BCUT2D eigenvalue weighted by Crippen LogP contribution is 2.69. The third-order valence-electron chi connectivity index (χ3n) is 5.87. The molecule has 0 saturated heterocycles. The van der Waals surface area contributed by atoms with Gasteiger partial charge in [-0.15, -0.1) is 0 Å². The molecule has 2 aliphatic rings. The van der Waals surface area contributed by atoms with Crippen molar-refractivity contribution in [3.63, 3.8) is 0 Å². The number of anilines is 1. The van der Waals surface area contributed by atoms with Crippen LogP contribution in [0, 0.1) is 16.2 Å². The Bertz CT molecular complexity index is 653. The van der Waals surface area contributed by atoms with E-state index < -0.39 is 27.8 Å². The smallest absolute Gasteiger partial charge is 0.239 e. The Labute approximate surface area is 123 Å². The second-order valence-electron chi connectivity index (χ2n) is 6.71. The summed E-state index contributed by atoms with van der Waals surface area (Å²) in [5, 5.41) is 2.77. The molecule has 2 saturated carbocycles. The number of fused-ring (bicyclic) bond motifs is 2. The van der Waals surface area contributed by atoms with Crippen molar-refractivity contribution < 1.29 is 14.4 Å². The third-order valence-corrected chi connectivity index (χ3v) is 5.87. The van der Waals surface area contributed by atoms with Gasteiger partial charge in [0.25, 0.3) is 0 Å². The van der Waals surface area contributed by atoms with Crippen molar-refractivity contribution in [3.8, 4) is 0 Å². The zero-order valence-corrected chi connectivity index (χ0v) is 12.4. The van der Waals surface area contributed by atoms with Crippen LogP contribution in [-0.4, -0.2) is 22.5 Å². The van der Waals surface area contributed by atoms with E-state index in [-0.39, 0.29) is 5.91 Å². The van der Waals surface area contributed by atoms with E-state index in [0.29, 0.717) is 18.5 Å². The minimum Gasteiger partial charge on any atom is -0.325 e. The molecule has 1 aromatic rings. The van der Waals surface area contributed by atoms with Crippen molar-refractivity contribution in [3.05, 3.63) is 24.5 Å². The Morgan fingerprint density at radius 1 is 1.10 bits per heavy atom. The molecule has 1 N–H and O–H groups in total. The van der Waals surface area contributed by atoms with Crippen LogP contribution in [0.15, 0.2) is 24.5 Å². The van der Waals surface area contributed by atoms with Gasteiger partial charge in [-0.1, -0.05) is 20.8 Å². The molecule has 21 heavy (non-hydrogen) atoms. The molecule has 0 aliphatic heterocycles. The maximum absolute atomic E-state index is 12.8. The summed E-state index contributed by atoms with van der Waals surface area (Å²) in [6, 6.07) is 3.33. The molecule has 1 amide bonds. The highest BCUT2D eigenvalue weighted by atomic mass is 16.2. The Morgan fingerprint density at radius 2 is 1.71 bits per heavy atom. The van der Waals surface area contributed by atoms with Gasteiger partial charge in [0.05, 0.1) is 0 Å². The molecular weight excluding hydrogens is 268 g/mol. The van der Waals surface area contributed by atoms with Gasteiger partial charge in [0.15, 0.2) is 0 Å². The fraction of sp³-hybridized carbons (Fsp3) is 0.500. The predicted octanol–water partition coefficient (Wildman–Crippen LogP) is 1.98. The molecule has 5 nitrogen and oxygen atoms in total. The first kappa shape index (κ1) is 13.9. The maximum atomic E-state index is 12.8. The standard InChI is InChI=1S/C16H18N2O3/c1-14(2)15(3)6-7-16(14,12(20)11(15)19)13(21)18-10-4-8-17-9-5-10/h4-5,8-9H,6-7H2,1-3H3,(H,17,18,21)/t15-,16-/m1/s1. The molecule has 2 aliphatic carbocycles. The molecule has 0 aromatic carbocycles. The van der Waals surface area contributed by atoms with Crippen molar-refractivity contribution in [1.82, 2.24) is 4.98 Å². The number of hydrogen-bond acceptors (Lipinski definition) is 4. The molecule has 2 fully saturated rings. The van der Waals surface area contributed by atoms with Crippen LogP contribution in [-0.2, 0) is 14.4 Å². The lowest BCUT2D eigenvalue weighted by molar-refractivity contribution is -0.147. The molecule has 0 radical (unpaired) electrons. The number of amides is 1. The van der Waals surface area contributed by atoms with Crippen LogP contribution < -0.4 is 5.32 Å².